The van der Waals surface area contributed by atoms with E-state index in [0.29, 0.717) is 41.5 Å². The smallest absolute Gasteiger partial charge is 0.265 e. The number of halogens is 3. The SMILES string of the molecule is COc1cc(/C=C2\SC(=S)N(C)C2=O)cc(Br)c1OCC(=O)Nc1cccc(Cl)c1Cl. The first-order valence-electron chi connectivity index (χ1n) is 8.67. The van der Waals surface area contributed by atoms with Crippen molar-refractivity contribution in [2.24, 2.45) is 0 Å². The van der Waals surface area contributed by atoms with Gasteiger partial charge in [0.15, 0.2) is 18.1 Å². The van der Waals surface area contributed by atoms with E-state index in [1.807, 2.05) is 0 Å². The van der Waals surface area contributed by atoms with Gasteiger partial charge in [0, 0.05) is 7.05 Å². The second-order valence-electron chi connectivity index (χ2n) is 6.21. The minimum Gasteiger partial charge on any atom is -0.493 e. The molecule has 0 atom stereocenters. The molecule has 1 saturated heterocycles. The molecular formula is C20H15BrCl2N2O4S2. The maximum atomic E-state index is 12.3. The Balaban J connectivity index is 1.75. The summed E-state index contributed by atoms with van der Waals surface area (Å²) in [5.74, 6) is 0.145. The van der Waals surface area contributed by atoms with Crippen molar-refractivity contribution in [3.63, 3.8) is 0 Å². The van der Waals surface area contributed by atoms with E-state index < -0.39 is 5.91 Å². The van der Waals surface area contributed by atoms with Crippen molar-refractivity contribution >= 4 is 91.0 Å². The molecule has 2 amide bonds. The lowest BCUT2D eigenvalue weighted by atomic mass is 10.2. The molecule has 11 heteroatoms. The fourth-order valence-corrected chi connectivity index (χ4v) is 4.69. The van der Waals surface area contributed by atoms with E-state index >= 15 is 0 Å². The molecule has 1 N–H and O–H groups in total. The lowest BCUT2D eigenvalue weighted by Gasteiger charge is -2.14. The molecule has 3 rings (SSSR count). The largest absolute Gasteiger partial charge is 0.493 e. The monoisotopic (exact) mass is 560 g/mol. The minimum atomic E-state index is -0.422. The molecule has 0 saturated carbocycles. The predicted octanol–water partition coefficient (Wildman–Crippen LogP) is 5.61. The standard InChI is InChI=1S/C20H15BrCl2N2O4S2/c1-25-19(27)15(31-20(25)30)8-10-6-11(21)18(14(7-10)28-2)29-9-16(26)24-13-5-3-4-12(22)17(13)23/h3-8H,9H2,1-2H3,(H,24,26)/b15-8-. The van der Waals surface area contributed by atoms with Gasteiger partial charge in [-0.05, 0) is 51.8 Å². The van der Waals surface area contributed by atoms with Gasteiger partial charge in [-0.1, -0.05) is 53.2 Å². The third-order valence-corrected chi connectivity index (χ3v) is 7.00. The van der Waals surface area contributed by atoms with E-state index in [-0.39, 0.29) is 17.5 Å². The van der Waals surface area contributed by atoms with Gasteiger partial charge < -0.3 is 14.8 Å². The van der Waals surface area contributed by atoms with Crippen molar-refractivity contribution in [1.29, 1.82) is 0 Å². The molecule has 1 fully saturated rings. The number of thioether (sulfide) groups is 1. The van der Waals surface area contributed by atoms with E-state index in [9.17, 15) is 9.59 Å². The van der Waals surface area contributed by atoms with Crippen LogP contribution in [0.25, 0.3) is 6.08 Å². The molecular weight excluding hydrogens is 547 g/mol. The van der Waals surface area contributed by atoms with Gasteiger partial charge in [-0.2, -0.15) is 0 Å². The van der Waals surface area contributed by atoms with Gasteiger partial charge in [0.2, 0.25) is 0 Å². The Morgan fingerprint density at radius 2 is 2.10 bits per heavy atom. The summed E-state index contributed by atoms with van der Waals surface area (Å²) < 4.78 is 12.1. The molecule has 1 heterocycles. The Morgan fingerprint density at radius 3 is 2.74 bits per heavy atom. The van der Waals surface area contributed by atoms with Gasteiger partial charge in [-0.3, -0.25) is 14.5 Å². The fourth-order valence-electron chi connectivity index (χ4n) is 2.58. The second-order valence-corrected chi connectivity index (χ2v) is 9.53. The van der Waals surface area contributed by atoms with Crippen LogP contribution in [0.3, 0.4) is 0 Å². The molecule has 0 unspecified atom stereocenters. The lowest BCUT2D eigenvalue weighted by molar-refractivity contribution is -0.121. The number of likely N-dealkylation sites (N-methyl/N-ethyl adjacent to an activating group) is 1. The van der Waals surface area contributed by atoms with Gasteiger partial charge >= 0.3 is 0 Å². The van der Waals surface area contributed by atoms with Gasteiger partial charge in [0.05, 0.1) is 32.2 Å². The number of thiocarbonyl (C=S) groups is 1. The lowest BCUT2D eigenvalue weighted by Crippen LogP contribution is -2.22. The van der Waals surface area contributed by atoms with Crippen LogP contribution in [-0.4, -0.2) is 41.8 Å². The van der Waals surface area contributed by atoms with Crippen LogP contribution in [0, 0.1) is 0 Å². The van der Waals surface area contributed by atoms with E-state index in [1.165, 1.54) is 23.8 Å². The number of ether oxygens (including phenoxy) is 2. The van der Waals surface area contributed by atoms with Crippen LogP contribution < -0.4 is 14.8 Å². The van der Waals surface area contributed by atoms with E-state index in [0.717, 1.165) is 0 Å². The maximum absolute atomic E-state index is 12.3. The van der Waals surface area contributed by atoms with E-state index in [1.54, 1.807) is 43.5 Å². The summed E-state index contributed by atoms with van der Waals surface area (Å²) in [6.07, 6.45) is 1.72. The second kappa shape index (κ2) is 10.2. The van der Waals surface area contributed by atoms with Crippen LogP contribution in [0.2, 0.25) is 10.0 Å². The number of nitrogens with zero attached hydrogens (tertiary/aromatic N) is 1. The zero-order valence-corrected chi connectivity index (χ0v) is 20.9. The number of hydrogen-bond donors (Lipinski definition) is 1. The molecule has 1 aliphatic rings. The van der Waals surface area contributed by atoms with Gasteiger partial charge in [0.25, 0.3) is 11.8 Å². The summed E-state index contributed by atoms with van der Waals surface area (Å²) in [6.45, 7) is -0.286. The molecule has 162 valence electrons. The van der Waals surface area contributed by atoms with E-state index in [2.05, 4.69) is 21.2 Å². The first kappa shape index (κ1) is 23.9. The fraction of sp³-hybridized carbons (Fsp3) is 0.150. The summed E-state index contributed by atoms with van der Waals surface area (Å²) in [5, 5.41) is 3.23. The number of methoxy groups -OCH3 is 1. The Bertz CT molecular complexity index is 1110. The predicted molar refractivity (Wildman–Crippen MR) is 132 cm³/mol. The molecule has 0 spiro atoms. The quantitative estimate of drug-likeness (QED) is 0.365. The molecule has 6 nitrogen and oxygen atoms in total. The average Bonchev–Trinajstić information content (AvgIpc) is 2.96. The highest BCUT2D eigenvalue weighted by Crippen LogP contribution is 2.39. The Labute approximate surface area is 207 Å². The highest BCUT2D eigenvalue weighted by Gasteiger charge is 2.28. The Hall–Kier alpha value is -1.78. The normalized spacial score (nSPS) is 14.9. The zero-order chi connectivity index (χ0) is 22.7. The van der Waals surface area contributed by atoms with Crippen LogP contribution in [-0.2, 0) is 9.59 Å². The third kappa shape index (κ3) is 5.53. The number of carbonyl (C=O) groups is 2. The molecule has 0 radical (unpaired) electrons. The van der Waals surface area contributed by atoms with Gasteiger partial charge in [-0.15, -0.1) is 0 Å². The first-order chi connectivity index (χ1) is 14.7. The summed E-state index contributed by atoms with van der Waals surface area (Å²) >= 11 is 21.8. The van der Waals surface area contributed by atoms with Crippen LogP contribution in [0.1, 0.15) is 5.56 Å². The average molecular weight is 562 g/mol. The van der Waals surface area contributed by atoms with Crippen molar-refractivity contribution < 1.29 is 19.1 Å². The Morgan fingerprint density at radius 1 is 1.35 bits per heavy atom. The van der Waals surface area contributed by atoms with Crippen molar-refractivity contribution in [3.8, 4) is 11.5 Å². The Kier molecular flexibility index (Phi) is 7.87. The number of benzene rings is 2. The van der Waals surface area contributed by atoms with Crippen LogP contribution >= 0.6 is 63.1 Å². The molecule has 1 aliphatic heterocycles. The highest BCUT2D eigenvalue weighted by molar-refractivity contribution is 9.10. The zero-order valence-electron chi connectivity index (χ0n) is 16.2. The minimum absolute atomic E-state index is 0.165. The van der Waals surface area contributed by atoms with Crippen LogP contribution in [0.4, 0.5) is 5.69 Å². The molecule has 2 aromatic rings. The number of rotatable bonds is 6. The van der Waals surface area contributed by atoms with Gasteiger partial charge in [0.1, 0.15) is 4.32 Å². The highest BCUT2D eigenvalue weighted by atomic mass is 79.9. The molecule has 31 heavy (non-hydrogen) atoms. The summed E-state index contributed by atoms with van der Waals surface area (Å²) in [4.78, 5) is 26.4. The van der Waals surface area contributed by atoms with Gasteiger partial charge in [-0.25, -0.2) is 0 Å². The number of nitrogens with one attached hydrogen (secondary N) is 1. The van der Waals surface area contributed by atoms with Crippen molar-refractivity contribution in [3.05, 3.63) is 55.3 Å². The first-order valence-corrected chi connectivity index (χ1v) is 11.4. The number of carbonyl (C=O) groups excluding carboxylic acids is 2. The molecule has 0 aliphatic carbocycles. The molecule has 0 bridgehead atoms. The molecule has 0 aromatic heterocycles. The van der Waals surface area contributed by atoms with Crippen molar-refractivity contribution in [2.75, 3.05) is 26.1 Å². The summed E-state index contributed by atoms with van der Waals surface area (Å²) in [6, 6.07) is 8.39. The molecule has 2 aromatic carbocycles. The third-order valence-electron chi connectivity index (χ3n) is 4.11. The van der Waals surface area contributed by atoms with Crippen molar-refractivity contribution in [1.82, 2.24) is 4.90 Å². The topological polar surface area (TPSA) is 67.9 Å². The summed E-state index contributed by atoms with van der Waals surface area (Å²) in [5.41, 5.74) is 1.09. The summed E-state index contributed by atoms with van der Waals surface area (Å²) in [7, 11) is 3.11. The number of anilines is 1. The number of hydrogen-bond acceptors (Lipinski definition) is 6. The maximum Gasteiger partial charge on any atom is 0.265 e. The van der Waals surface area contributed by atoms with Crippen LogP contribution in [0.5, 0.6) is 11.5 Å². The van der Waals surface area contributed by atoms with Crippen molar-refractivity contribution in [2.45, 2.75) is 0 Å². The van der Waals surface area contributed by atoms with Crippen LogP contribution in [0.15, 0.2) is 39.7 Å². The van der Waals surface area contributed by atoms with E-state index in [4.69, 9.17) is 44.9 Å². The number of amides is 2.